The van der Waals surface area contributed by atoms with Crippen LogP contribution >= 0.6 is 57.1 Å². The van der Waals surface area contributed by atoms with E-state index in [9.17, 15) is 61.5 Å². The third kappa shape index (κ3) is 20.3. The molecule has 652 valence electrons. The van der Waals surface area contributed by atoms with Gasteiger partial charge in [0.25, 0.3) is 5.92 Å². The van der Waals surface area contributed by atoms with Gasteiger partial charge in [0.15, 0.2) is 20.0 Å². The number of nitrogens with one attached hydrogen (secondary N) is 8. The van der Waals surface area contributed by atoms with Crippen molar-refractivity contribution in [1.82, 2.24) is 86.9 Å². The molecule has 124 heavy (non-hydrogen) atoms. The average Bonchev–Trinajstić information content (AvgIpc) is 1.62. The highest BCUT2D eigenvalue weighted by Gasteiger charge is 2.43. The van der Waals surface area contributed by atoms with Crippen molar-refractivity contribution in [3.63, 3.8) is 0 Å². The number of anilines is 5. The Morgan fingerprint density at radius 2 is 0.790 bits per heavy atom. The number of H-pyrrole nitrogens is 1. The predicted octanol–water partition coefficient (Wildman–Crippen LogP) is 20.6. The van der Waals surface area contributed by atoms with E-state index in [2.05, 4.69) is 108 Å². The van der Waals surface area contributed by atoms with Crippen molar-refractivity contribution in [3.05, 3.63) is 152 Å². The molecule has 0 bridgehead atoms. The third-order valence-electron chi connectivity index (χ3n) is 22.5. The number of methoxy groups -OCH3 is 1. The molecule has 4 aromatic carbocycles. The smallest absolute Gasteiger partial charge is 0.380 e. The predicted molar refractivity (Wildman–Crippen MR) is 454 cm³/mol. The van der Waals surface area contributed by atoms with Gasteiger partial charge >= 0.3 is 24.7 Å². The van der Waals surface area contributed by atoms with Gasteiger partial charge in [-0.1, -0.05) is 45.3 Å². The second kappa shape index (κ2) is 35.0. The topological polar surface area (TPSA) is 277 Å². The van der Waals surface area contributed by atoms with E-state index in [0.717, 1.165) is 134 Å². The Morgan fingerprint density at radius 1 is 0.435 bits per heavy atom. The lowest BCUT2D eigenvalue weighted by Crippen LogP contribution is -2.42. The standard InChI is InChI=1S/C22H24F3N5OS.C21H20F5N5S.C21H22F3N5S2.C19H15F3N6S/c1-11-5-18(20-29-30-21(32-20)27-9-14-8-15(31-2)10-26-14)28-19-16(11)6-13(12-3-4-12)7-17(19)22(23,24)25;1-10-4-16(18-30-31-19(32-18)27-8-13-7-20(22,23)9-28-13)29-17-14(10)5-12(11-2-3-11)6-15(17)21(24,25)26;1-11-6-17(19-28-29-20(31-19)26-9-14-10-30-5-4-25-14)27-18-15(11)7-13(12-2-3-12)8-16(18)21(22,23)24;1-9-4-15(17-27-28-18(29-17)25-12-7-23-24-8-12)26-16-13(9)5-11(10-2-3-10)6-14(16)19(20,21)22/h5-7,12,14-15,26H,3-4,8-10H2,1-2H3,(H,27,30);4-6,11,13,28H,2-3,7-9H2,1H3,(H,27,31);6-8,12,14,25H,2-5,9-10H2,1H3,(H,26,29);4-8,10H,2-3H2,1H3,(H,23,24)(H,25,28)/t14?,15-;;;/m0.../s1. The van der Waals surface area contributed by atoms with Gasteiger partial charge in [-0.3, -0.25) is 5.10 Å². The van der Waals surface area contributed by atoms with Crippen LogP contribution in [0.15, 0.2) is 85.2 Å². The quantitative estimate of drug-likeness (QED) is 0.0329. The molecule has 12 heterocycles. The molecule has 7 fully saturated rings. The van der Waals surface area contributed by atoms with Gasteiger partial charge in [0.05, 0.1) is 68.9 Å². The van der Waals surface area contributed by atoms with Gasteiger partial charge in [-0.05, 0) is 226 Å². The summed E-state index contributed by atoms with van der Waals surface area (Å²) >= 11 is 6.86. The molecule has 9 aromatic heterocycles. The van der Waals surface area contributed by atoms with Crippen molar-refractivity contribution in [2.24, 2.45) is 0 Å². The lowest BCUT2D eigenvalue weighted by Gasteiger charge is -2.22. The fourth-order valence-electron chi connectivity index (χ4n) is 15.4. The molecule has 3 unspecified atom stereocenters. The number of aromatic nitrogens is 14. The van der Waals surface area contributed by atoms with E-state index < -0.39 is 58.9 Å². The first-order valence-electron chi connectivity index (χ1n) is 40.3. The van der Waals surface area contributed by atoms with Crippen LogP contribution in [0.2, 0.25) is 0 Å². The van der Waals surface area contributed by atoms with Crippen LogP contribution in [-0.2, 0) is 29.4 Å². The van der Waals surface area contributed by atoms with E-state index in [0.29, 0.717) is 114 Å². The van der Waals surface area contributed by atoms with Gasteiger partial charge in [-0.2, -0.15) is 69.5 Å². The minimum absolute atomic E-state index is 0.0139. The first-order valence-corrected chi connectivity index (χ1v) is 44.7. The molecule has 0 spiro atoms. The molecule has 4 atom stereocenters. The minimum atomic E-state index is -4.52. The van der Waals surface area contributed by atoms with Crippen LogP contribution in [0, 0.1) is 27.7 Å². The van der Waals surface area contributed by atoms with Gasteiger partial charge in [-0.25, -0.2) is 28.7 Å². The number of aryl methyl sites for hydroxylation is 4. The fourth-order valence-corrected chi connectivity index (χ4v) is 19.2. The summed E-state index contributed by atoms with van der Waals surface area (Å²) in [6, 6.07) is 19.7. The zero-order chi connectivity index (χ0) is 86.9. The van der Waals surface area contributed by atoms with Crippen LogP contribution in [0.1, 0.15) is 155 Å². The Labute approximate surface area is 720 Å². The molecule has 8 N–H and O–H groups in total. The zero-order valence-electron chi connectivity index (χ0n) is 67.0. The summed E-state index contributed by atoms with van der Waals surface area (Å²) in [4.78, 5) is 17.5. The second-order valence-electron chi connectivity index (χ2n) is 32.2. The van der Waals surface area contributed by atoms with Crippen LogP contribution in [0.4, 0.5) is 87.7 Å². The molecule has 0 amide bonds. The number of rotatable bonds is 20. The summed E-state index contributed by atoms with van der Waals surface area (Å²) in [5.74, 6) is 0.302. The Balaban J connectivity index is 0.000000117. The molecule has 0 radical (unpaired) electrons. The van der Waals surface area contributed by atoms with Crippen LogP contribution in [0.25, 0.3) is 86.4 Å². The fraction of sp³-hybridized carbons (Fsp3) is 0.434. The molecule has 22 nitrogen and oxygen atoms in total. The van der Waals surface area contributed by atoms with Crippen LogP contribution < -0.4 is 37.2 Å². The van der Waals surface area contributed by atoms with Crippen molar-refractivity contribution in [2.45, 2.75) is 170 Å². The highest BCUT2D eigenvalue weighted by molar-refractivity contribution is 7.99. The second-order valence-corrected chi connectivity index (χ2v) is 37.3. The first kappa shape index (κ1) is 86.5. The van der Waals surface area contributed by atoms with E-state index in [-0.39, 0.29) is 77.4 Å². The number of ether oxygens (including phenoxy) is 1. The average molecular weight is 1820 g/mol. The summed E-state index contributed by atoms with van der Waals surface area (Å²) in [5, 5.41) is 67.6. The molecular weight excluding hydrogens is 1730 g/mol. The number of halogens is 14. The van der Waals surface area contributed by atoms with E-state index in [1.807, 2.05) is 55.9 Å². The van der Waals surface area contributed by atoms with Crippen molar-refractivity contribution in [2.75, 3.05) is 79.2 Å². The Morgan fingerprint density at radius 3 is 1.10 bits per heavy atom. The maximum absolute atomic E-state index is 13.9. The number of fused-ring (bicyclic) bond motifs is 4. The van der Waals surface area contributed by atoms with E-state index >= 15 is 0 Å². The van der Waals surface area contributed by atoms with Gasteiger partial charge in [-0.15, -0.1) is 40.8 Å². The van der Waals surface area contributed by atoms with Gasteiger partial charge in [0, 0.05) is 104 Å². The molecule has 41 heteroatoms. The minimum Gasteiger partial charge on any atom is -0.380 e. The molecule has 4 aliphatic carbocycles. The first-order chi connectivity index (χ1) is 59.2. The Hall–Kier alpha value is -9.62. The largest absolute Gasteiger partial charge is 0.418 e. The van der Waals surface area contributed by atoms with Crippen molar-refractivity contribution in [3.8, 4) is 42.8 Å². The third-order valence-corrected chi connectivity index (χ3v) is 27.2. The molecule has 3 aliphatic heterocycles. The summed E-state index contributed by atoms with van der Waals surface area (Å²) < 4.78 is 198. The maximum atomic E-state index is 13.9. The monoisotopic (exact) mass is 1810 g/mol. The lowest BCUT2D eigenvalue weighted by molar-refractivity contribution is -0.137. The van der Waals surface area contributed by atoms with Gasteiger partial charge in [0.1, 0.15) is 22.8 Å². The maximum Gasteiger partial charge on any atom is 0.418 e. The SMILES string of the molecule is CO[C@@H]1CNC(CNc2nnc(-c3cc(C)c4cc(C5CC5)cc(C(F)(F)F)c4n3)s2)C1.Cc1cc(-c2nnc(NCC3CC(F)(F)CN3)s2)nc2c(C(F)(F)F)cc(C3CC3)cc12.Cc1cc(-c2nnc(NCC3CSCCN3)s2)nc2c(C(F)(F)F)cc(C3CC3)cc12.Cc1cc(-c2nnc(Nc3cn[nH]c3)s2)nc2c(C(F)(F)F)cc(C3CC3)cc12. The lowest BCUT2D eigenvalue weighted by atomic mass is 9.98. The number of pyridine rings is 4. The molecule has 3 saturated heterocycles. The summed E-state index contributed by atoms with van der Waals surface area (Å²) in [6.45, 7) is 10.3. The molecule has 20 rings (SSSR count). The van der Waals surface area contributed by atoms with Crippen molar-refractivity contribution in [1.29, 1.82) is 0 Å². The number of nitrogens with zero attached hydrogens (tertiary/aromatic N) is 13. The summed E-state index contributed by atoms with van der Waals surface area (Å²) in [7, 11) is 1.70. The summed E-state index contributed by atoms with van der Waals surface area (Å²) in [6.07, 6.45) is -6.37. The van der Waals surface area contributed by atoms with Crippen LogP contribution in [0.5, 0.6) is 0 Å². The number of hydrogen-bond donors (Lipinski definition) is 8. The highest BCUT2D eigenvalue weighted by Crippen LogP contribution is 2.51. The normalized spacial score (nSPS) is 19.2. The molecular formula is C83H81F14N21OS5. The number of alkyl halides is 14. The summed E-state index contributed by atoms with van der Waals surface area (Å²) in [5.41, 5.74) is 5.15. The van der Waals surface area contributed by atoms with Gasteiger partial charge in [0.2, 0.25) is 20.5 Å². The van der Waals surface area contributed by atoms with Gasteiger partial charge < -0.3 is 42.0 Å². The Kier molecular flexibility index (Phi) is 24.4. The molecule has 7 aliphatic rings. The number of thioether (sulfide) groups is 1. The van der Waals surface area contributed by atoms with E-state index in [4.69, 9.17) is 4.74 Å². The molecule has 4 saturated carbocycles. The molecule has 13 aromatic rings. The van der Waals surface area contributed by atoms with Crippen LogP contribution in [0.3, 0.4) is 0 Å². The van der Waals surface area contributed by atoms with Crippen molar-refractivity contribution >= 4 is 127 Å². The highest BCUT2D eigenvalue weighted by atomic mass is 32.2. The van der Waals surface area contributed by atoms with E-state index in [1.165, 1.54) is 58.3 Å². The number of aromatic amines is 1. The number of hydrogen-bond acceptors (Lipinski definition) is 26. The zero-order valence-corrected chi connectivity index (χ0v) is 71.1. The Bertz CT molecular complexity index is 6070. The number of benzene rings is 4. The van der Waals surface area contributed by atoms with E-state index in [1.54, 1.807) is 51.6 Å². The van der Waals surface area contributed by atoms with Crippen LogP contribution in [-0.4, -0.2) is 159 Å². The van der Waals surface area contributed by atoms with Crippen molar-refractivity contribution < 1.29 is 66.2 Å².